The van der Waals surface area contributed by atoms with Crippen molar-refractivity contribution in [1.29, 1.82) is 0 Å². The zero-order valence-electron chi connectivity index (χ0n) is 9.07. The Morgan fingerprint density at radius 3 is 2.41 bits per heavy atom. The van der Waals surface area contributed by atoms with E-state index in [9.17, 15) is 23.2 Å². The maximum absolute atomic E-state index is 13.2. The SMILES string of the molecule is CC(=O)OC[C@H]1OC(=O)C(F)(F)C1OC(C)=O. The van der Waals surface area contributed by atoms with Crippen molar-refractivity contribution in [2.45, 2.75) is 32.0 Å². The monoisotopic (exact) mass is 252 g/mol. The Bertz CT molecular complexity index is 353. The van der Waals surface area contributed by atoms with Gasteiger partial charge in [-0.3, -0.25) is 9.59 Å². The summed E-state index contributed by atoms with van der Waals surface area (Å²) in [5, 5.41) is 0. The van der Waals surface area contributed by atoms with Crippen LogP contribution in [-0.4, -0.2) is 42.6 Å². The van der Waals surface area contributed by atoms with E-state index in [1.54, 1.807) is 0 Å². The summed E-state index contributed by atoms with van der Waals surface area (Å²) in [7, 11) is 0. The van der Waals surface area contributed by atoms with E-state index >= 15 is 0 Å². The molecule has 0 aromatic heterocycles. The lowest BCUT2D eigenvalue weighted by Gasteiger charge is -2.19. The third-order valence-corrected chi connectivity index (χ3v) is 1.97. The average molecular weight is 252 g/mol. The van der Waals surface area contributed by atoms with Gasteiger partial charge in [-0.15, -0.1) is 0 Å². The largest absolute Gasteiger partial charge is 0.462 e. The fourth-order valence-electron chi connectivity index (χ4n) is 1.28. The predicted molar refractivity (Wildman–Crippen MR) is 47.0 cm³/mol. The predicted octanol–water partition coefficient (Wildman–Crippen LogP) is 0.0419. The van der Waals surface area contributed by atoms with Gasteiger partial charge in [0.1, 0.15) is 6.61 Å². The number of cyclic esters (lactones) is 1. The molecule has 8 heteroatoms. The van der Waals surface area contributed by atoms with Gasteiger partial charge in [-0.25, -0.2) is 4.79 Å². The van der Waals surface area contributed by atoms with Gasteiger partial charge in [-0.05, 0) is 0 Å². The minimum atomic E-state index is -3.93. The maximum Gasteiger partial charge on any atom is 0.382 e. The van der Waals surface area contributed by atoms with Gasteiger partial charge in [0.15, 0.2) is 6.10 Å². The normalized spacial score (nSPS) is 26.2. The zero-order valence-corrected chi connectivity index (χ0v) is 9.07. The molecule has 0 aliphatic carbocycles. The first-order valence-corrected chi connectivity index (χ1v) is 4.64. The molecule has 0 spiro atoms. The molecular formula is C9H10F2O6. The third kappa shape index (κ3) is 2.89. The Kier molecular flexibility index (Phi) is 3.64. The van der Waals surface area contributed by atoms with Gasteiger partial charge in [0.25, 0.3) is 0 Å². The molecule has 0 aromatic carbocycles. The van der Waals surface area contributed by atoms with E-state index in [1.807, 2.05) is 0 Å². The lowest BCUT2D eigenvalue weighted by atomic mass is 10.1. The van der Waals surface area contributed by atoms with Gasteiger partial charge in [0.05, 0.1) is 0 Å². The van der Waals surface area contributed by atoms with E-state index in [0.717, 1.165) is 13.8 Å². The molecule has 0 aromatic rings. The number of hydrogen-bond acceptors (Lipinski definition) is 6. The van der Waals surface area contributed by atoms with Gasteiger partial charge in [0, 0.05) is 13.8 Å². The van der Waals surface area contributed by atoms with Crippen molar-refractivity contribution in [2.75, 3.05) is 6.61 Å². The molecule has 1 saturated heterocycles. The van der Waals surface area contributed by atoms with Crippen LogP contribution in [0.25, 0.3) is 0 Å². The number of hydrogen-bond donors (Lipinski definition) is 0. The first-order chi connectivity index (χ1) is 7.75. The number of rotatable bonds is 3. The van der Waals surface area contributed by atoms with Crippen molar-refractivity contribution < 1.29 is 37.4 Å². The summed E-state index contributed by atoms with van der Waals surface area (Å²) in [6.45, 7) is 1.39. The summed E-state index contributed by atoms with van der Waals surface area (Å²) in [6, 6.07) is 0. The highest BCUT2D eigenvalue weighted by molar-refractivity contribution is 5.82. The van der Waals surface area contributed by atoms with Gasteiger partial charge in [-0.1, -0.05) is 0 Å². The van der Waals surface area contributed by atoms with Crippen molar-refractivity contribution in [3.8, 4) is 0 Å². The van der Waals surface area contributed by atoms with E-state index < -0.39 is 42.6 Å². The molecule has 1 unspecified atom stereocenters. The van der Waals surface area contributed by atoms with Gasteiger partial charge in [-0.2, -0.15) is 8.78 Å². The van der Waals surface area contributed by atoms with Crippen LogP contribution in [0.1, 0.15) is 13.8 Å². The summed E-state index contributed by atoms with van der Waals surface area (Å²) < 4.78 is 39.5. The Balaban J connectivity index is 2.78. The lowest BCUT2D eigenvalue weighted by molar-refractivity contribution is -0.172. The van der Waals surface area contributed by atoms with Gasteiger partial charge < -0.3 is 14.2 Å². The summed E-state index contributed by atoms with van der Waals surface area (Å²) in [5.41, 5.74) is 0. The van der Waals surface area contributed by atoms with Crippen LogP contribution in [0.2, 0.25) is 0 Å². The zero-order chi connectivity index (χ0) is 13.2. The van der Waals surface area contributed by atoms with Crippen LogP contribution < -0.4 is 0 Å². The minimum Gasteiger partial charge on any atom is -0.462 e. The molecule has 1 heterocycles. The molecule has 0 bridgehead atoms. The lowest BCUT2D eigenvalue weighted by Crippen LogP contribution is -2.42. The number of carbonyl (C=O) groups excluding carboxylic acids is 3. The van der Waals surface area contributed by atoms with E-state index in [2.05, 4.69) is 14.2 Å². The molecule has 6 nitrogen and oxygen atoms in total. The fraction of sp³-hybridized carbons (Fsp3) is 0.667. The van der Waals surface area contributed by atoms with Crippen LogP contribution in [0.3, 0.4) is 0 Å². The molecule has 1 fully saturated rings. The Morgan fingerprint density at radius 2 is 1.94 bits per heavy atom. The molecule has 2 atom stereocenters. The number of alkyl halides is 2. The van der Waals surface area contributed by atoms with E-state index in [1.165, 1.54) is 0 Å². The molecule has 0 amide bonds. The molecule has 17 heavy (non-hydrogen) atoms. The van der Waals surface area contributed by atoms with Gasteiger partial charge in [0.2, 0.25) is 6.10 Å². The number of carbonyl (C=O) groups is 3. The minimum absolute atomic E-state index is 0.589. The Morgan fingerprint density at radius 1 is 1.35 bits per heavy atom. The highest BCUT2D eigenvalue weighted by Crippen LogP contribution is 2.34. The molecule has 1 aliphatic heterocycles. The molecule has 1 aliphatic rings. The van der Waals surface area contributed by atoms with Crippen LogP contribution >= 0.6 is 0 Å². The second kappa shape index (κ2) is 4.64. The van der Waals surface area contributed by atoms with Crippen LogP contribution in [0.5, 0.6) is 0 Å². The highest BCUT2D eigenvalue weighted by atomic mass is 19.3. The topological polar surface area (TPSA) is 78.9 Å². The standard InChI is InChI=1S/C9H10F2O6/c1-4(12)15-3-6-7(16-5(2)13)9(10,11)8(14)17-6/h6-7H,3H2,1-2H3/t6-,7?/m1/s1. The first-order valence-electron chi connectivity index (χ1n) is 4.64. The Labute approximate surface area is 94.8 Å². The number of esters is 3. The summed E-state index contributed by atoms with van der Waals surface area (Å²) in [6.07, 6.45) is -3.57. The number of halogens is 2. The van der Waals surface area contributed by atoms with Crippen LogP contribution in [0, 0.1) is 0 Å². The molecule has 0 radical (unpaired) electrons. The molecule has 1 rings (SSSR count). The quantitative estimate of drug-likeness (QED) is 0.521. The van der Waals surface area contributed by atoms with Crippen molar-refractivity contribution >= 4 is 17.9 Å². The van der Waals surface area contributed by atoms with E-state index in [0.29, 0.717) is 0 Å². The molecular weight excluding hydrogens is 242 g/mol. The van der Waals surface area contributed by atoms with Crippen molar-refractivity contribution in [2.24, 2.45) is 0 Å². The first kappa shape index (κ1) is 13.3. The smallest absolute Gasteiger partial charge is 0.382 e. The summed E-state index contributed by atoms with van der Waals surface area (Å²) >= 11 is 0. The van der Waals surface area contributed by atoms with Crippen LogP contribution in [0.4, 0.5) is 8.78 Å². The average Bonchev–Trinajstić information content (AvgIpc) is 2.38. The molecule has 0 N–H and O–H groups in total. The summed E-state index contributed by atoms with van der Waals surface area (Å²) in [4.78, 5) is 32.0. The fourth-order valence-corrected chi connectivity index (χ4v) is 1.28. The third-order valence-electron chi connectivity index (χ3n) is 1.97. The summed E-state index contributed by atoms with van der Waals surface area (Å²) in [5.74, 6) is -7.45. The molecule has 96 valence electrons. The van der Waals surface area contributed by atoms with E-state index in [-0.39, 0.29) is 0 Å². The van der Waals surface area contributed by atoms with Crippen molar-refractivity contribution in [1.82, 2.24) is 0 Å². The van der Waals surface area contributed by atoms with Crippen molar-refractivity contribution in [3.63, 3.8) is 0 Å². The second-order valence-electron chi connectivity index (χ2n) is 3.40. The van der Waals surface area contributed by atoms with Crippen molar-refractivity contribution in [3.05, 3.63) is 0 Å². The van der Waals surface area contributed by atoms with Crippen LogP contribution in [-0.2, 0) is 28.6 Å². The Hall–Kier alpha value is -1.73. The van der Waals surface area contributed by atoms with Gasteiger partial charge >= 0.3 is 23.8 Å². The second-order valence-corrected chi connectivity index (χ2v) is 3.40. The maximum atomic E-state index is 13.2. The van der Waals surface area contributed by atoms with E-state index in [4.69, 9.17) is 0 Å². The van der Waals surface area contributed by atoms with Crippen LogP contribution in [0.15, 0.2) is 0 Å². The molecule has 0 saturated carbocycles. The highest BCUT2D eigenvalue weighted by Gasteiger charge is 2.62. The number of ether oxygens (including phenoxy) is 3.